The predicted molar refractivity (Wildman–Crippen MR) is 51.4 cm³/mol. The van der Waals surface area contributed by atoms with Gasteiger partial charge in [-0.1, -0.05) is 38.8 Å². The van der Waals surface area contributed by atoms with Gasteiger partial charge in [0.05, 0.1) is 0 Å². The molecule has 1 heterocycles. The first-order valence-electron chi connectivity index (χ1n) is 4.89. The van der Waals surface area contributed by atoms with Crippen molar-refractivity contribution in [2.45, 2.75) is 47.0 Å². The summed E-state index contributed by atoms with van der Waals surface area (Å²) in [4.78, 5) is 4.21. The van der Waals surface area contributed by atoms with E-state index in [0.29, 0.717) is 5.41 Å². The second kappa shape index (κ2) is 3.90. The van der Waals surface area contributed by atoms with Crippen molar-refractivity contribution in [3.8, 4) is 0 Å². The second-order valence-corrected chi connectivity index (χ2v) is 3.93. The van der Waals surface area contributed by atoms with E-state index in [0.717, 1.165) is 31.0 Å². The largest absolute Gasteiger partial charge is 0.339 e. The molecule has 0 aliphatic carbocycles. The zero-order chi connectivity index (χ0) is 9.90. The fourth-order valence-corrected chi connectivity index (χ4v) is 1.28. The highest BCUT2D eigenvalue weighted by Gasteiger charge is 2.23. The molecule has 1 rings (SSSR count). The lowest BCUT2D eigenvalue weighted by Crippen LogP contribution is -2.17. The Balaban J connectivity index is 2.67. The smallest absolute Gasteiger partial charge is 0.227 e. The van der Waals surface area contributed by atoms with Crippen LogP contribution in [-0.4, -0.2) is 10.1 Å². The van der Waals surface area contributed by atoms with Crippen LogP contribution < -0.4 is 0 Å². The maximum atomic E-state index is 5.10. The van der Waals surface area contributed by atoms with Gasteiger partial charge in [0.15, 0.2) is 5.82 Å². The summed E-state index contributed by atoms with van der Waals surface area (Å²) >= 11 is 0. The third-order valence-corrected chi connectivity index (χ3v) is 2.85. The van der Waals surface area contributed by atoms with Gasteiger partial charge in [-0.3, -0.25) is 0 Å². The quantitative estimate of drug-likeness (QED) is 0.718. The van der Waals surface area contributed by atoms with E-state index in [1.165, 1.54) is 0 Å². The normalized spacial score (nSPS) is 12.0. The molecular formula is C10H18N2O. The summed E-state index contributed by atoms with van der Waals surface area (Å²) in [6, 6.07) is 0. The average molecular weight is 182 g/mol. The van der Waals surface area contributed by atoms with Gasteiger partial charge in [-0.2, -0.15) is 4.98 Å². The molecule has 3 nitrogen and oxygen atoms in total. The third kappa shape index (κ3) is 2.54. The molecule has 1 aromatic rings. The van der Waals surface area contributed by atoms with Crippen LogP contribution in [0.2, 0.25) is 0 Å². The Morgan fingerprint density at radius 3 is 2.31 bits per heavy atom. The standard InChI is InChI=1S/C10H18N2O/c1-5-10(4,6-2)7-9-11-8(3)12-13-9/h5-7H2,1-4H3. The van der Waals surface area contributed by atoms with Gasteiger partial charge in [0.2, 0.25) is 5.89 Å². The van der Waals surface area contributed by atoms with Gasteiger partial charge in [-0.05, 0) is 12.3 Å². The van der Waals surface area contributed by atoms with Crippen LogP contribution in [0.3, 0.4) is 0 Å². The van der Waals surface area contributed by atoms with E-state index in [4.69, 9.17) is 4.52 Å². The first-order chi connectivity index (χ1) is 6.09. The topological polar surface area (TPSA) is 38.9 Å². The zero-order valence-electron chi connectivity index (χ0n) is 8.92. The first-order valence-corrected chi connectivity index (χ1v) is 4.89. The van der Waals surface area contributed by atoms with Gasteiger partial charge >= 0.3 is 0 Å². The molecule has 13 heavy (non-hydrogen) atoms. The minimum atomic E-state index is 0.305. The van der Waals surface area contributed by atoms with Crippen molar-refractivity contribution < 1.29 is 4.52 Å². The summed E-state index contributed by atoms with van der Waals surface area (Å²) in [5.74, 6) is 1.49. The van der Waals surface area contributed by atoms with Crippen molar-refractivity contribution in [3.63, 3.8) is 0 Å². The molecular weight excluding hydrogens is 164 g/mol. The Kier molecular flexibility index (Phi) is 3.07. The van der Waals surface area contributed by atoms with Crippen LogP contribution in [0.5, 0.6) is 0 Å². The van der Waals surface area contributed by atoms with Gasteiger partial charge in [-0.25, -0.2) is 0 Å². The molecule has 0 spiro atoms. The highest BCUT2D eigenvalue weighted by Crippen LogP contribution is 2.29. The number of hydrogen-bond donors (Lipinski definition) is 0. The lowest BCUT2D eigenvalue weighted by Gasteiger charge is -2.24. The Labute approximate surface area is 79.5 Å². The fraction of sp³-hybridized carbons (Fsp3) is 0.800. The van der Waals surface area contributed by atoms with E-state index in [1.807, 2.05) is 6.92 Å². The molecule has 0 bridgehead atoms. The number of rotatable bonds is 4. The predicted octanol–water partition coefficient (Wildman–Crippen LogP) is 2.75. The summed E-state index contributed by atoms with van der Waals surface area (Å²) in [6.45, 7) is 8.51. The maximum Gasteiger partial charge on any atom is 0.227 e. The van der Waals surface area contributed by atoms with Crippen LogP contribution in [0.4, 0.5) is 0 Å². The molecule has 3 heteroatoms. The molecule has 0 N–H and O–H groups in total. The highest BCUT2D eigenvalue weighted by molar-refractivity contribution is 4.89. The summed E-state index contributed by atoms with van der Waals surface area (Å²) < 4.78 is 5.10. The van der Waals surface area contributed by atoms with Crippen LogP contribution >= 0.6 is 0 Å². The van der Waals surface area contributed by atoms with Gasteiger partial charge < -0.3 is 4.52 Å². The number of hydrogen-bond acceptors (Lipinski definition) is 3. The Bertz CT molecular complexity index is 264. The van der Waals surface area contributed by atoms with E-state index in [-0.39, 0.29) is 0 Å². The van der Waals surface area contributed by atoms with Gasteiger partial charge in [-0.15, -0.1) is 0 Å². The molecule has 0 unspecified atom stereocenters. The van der Waals surface area contributed by atoms with E-state index >= 15 is 0 Å². The minimum Gasteiger partial charge on any atom is -0.339 e. The van der Waals surface area contributed by atoms with Crippen molar-refractivity contribution in [2.24, 2.45) is 5.41 Å². The molecule has 0 aliphatic rings. The van der Waals surface area contributed by atoms with Crippen LogP contribution in [0, 0.1) is 12.3 Å². The first kappa shape index (κ1) is 10.2. The van der Waals surface area contributed by atoms with E-state index in [1.54, 1.807) is 0 Å². The van der Waals surface area contributed by atoms with Crippen LogP contribution in [-0.2, 0) is 6.42 Å². The highest BCUT2D eigenvalue weighted by atomic mass is 16.5. The van der Waals surface area contributed by atoms with E-state index < -0.39 is 0 Å². The van der Waals surface area contributed by atoms with Crippen molar-refractivity contribution in [3.05, 3.63) is 11.7 Å². The van der Waals surface area contributed by atoms with E-state index in [9.17, 15) is 0 Å². The summed E-state index contributed by atoms with van der Waals surface area (Å²) in [5.41, 5.74) is 0.305. The monoisotopic (exact) mass is 182 g/mol. The molecule has 0 fully saturated rings. The van der Waals surface area contributed by atoms with Crippen molar-refractivity contribution in [2.75, 3.05) is 0 Å². The minimum absolute atomic E-state index is 0.305. The molecule has 74 valence electrons. The second-order valence-electron chi connectivity index (χ2n) is 3.93. The molecule has 0 amide bonds. The maximum absolute atomic E-state index is 5.10. The Morgan fingerprint density at radius 1 is 1.31 bits per heavy atom. The van der Waals surface area contributed by atoms with Gasteiger partial charge in [0.25, 0.3) is 0 Å². The van der Waals surface area contributed by atoms with Crippen molar-refractivity contribution >= 4 is 0 Å². The molecule has 0 saturated carbocycles. The Morgan fingerprint density at radius 2 is 1.92 bits per heavy atom. The number of aromatic nitrogens is 2. The van der Waals surface area contributed by atoms with Gasteiger partial charge in [0, 0.05) is 6.42 Å². The third-order valence-electron chi connectivity index (χ3n) is 2.85. The number of aryl methyl sites for hydroxylation is 1. The van der Waals surface area contributed by atoms with Crippen molar-refractivity contribution in [1.29, 1.82) is 0 Å². The molecule has 1 aromatic heterocycles. The van der Waals surface area contributed by atoms with Crippen LogP contribution in [0.15, 0.2) is 4.52 Å². The average Bonchev–Trinajstić information content (AvgIpc) is 2.51. The summed E-state index contributed by atoms with van der Waals surface area (Å²) in [7, 11) is 0. The summed E-state index contributed by atoms with van der Waals surface area (Å²) in [6.07, 6.45) is 3.18. The lowest BCUT2D eigenvalue weighted by atomic mass is 9.81. The Hall–Kier alpha value is -0.860. The zero-order valence-corrected chi connectivity index (χ0v) is 8.92. The van der Waals surface area contributed by atoms with Crippen LogP contribution in [0.1, 0.15) is 45.3 Å². The lowest BCUT2D eigenvalue weighted by molar-refractivity contribution is 0.252. The molecule has 0 atom stereocenters. The van der Waals surface area contributed by atoms with Crippen molar-refractivity contribution in [1.82, 2.24) is 10.1 Å². The summed E-state index contributed by atoms with van der Waals surface area (Å²) in [5, 5.41) is 3.78. The molecule has 0 aromatic carbocycles. The van der Waals surface area contributed by atoms with Gasteiger partial charge in [0.1, 0.15) is 0 Å². The molecule has 0 radical (unpaired) electrons. The van der Waals surface area contributed by atoms with E-state index in [2.05, 4.69) is 30.9 Å². The SMILES string of the molecule is CCC(C)(CC)Cc1nc(C)no1. The number of nitrogens with zero attached hydrogens (tertiary/aromatic N) is 2. The molecule has 0 aliphatic heterocycles. The van der Waals surface area contributed by atoms with Crippen LogP contribution in [0.25, 0.3) is 0 Å². The fourth-order valence-electron chi connectivity index (χ4n) is 1.28. The molecule has 0 saturated heterocycles.